The van der Waals surface area contributed by atoms with Crippen molar-refractivity contribution >= 4 is 17.7 Å². The number of nitrogens with one attached hydrogen (secondary N) is 2. The number of esters is 1. The first-order valence-corrected chi connectivity index (χ1v) is 6.03. The first kappa shape index (κ1) is 15.6. The number of anilines is 1. The number of rotatable bonds is 6. The fourth-order valence-corrected chi connectivity index (χ4v) is 1.43. The maximum absolute atomic E-state index is 11.6. The van der Waals surface area contributed by atoms with Crippen LogP contribution in [-0.2, 0) is 9.53 Å². The lowest BCUT2D eigenvalue weighted by Crippen LogP contribution is -2.34. The number of hydrogen-bond donors (Lipinski definition) is 2. The van der Waals surface area contributed by atoms with Crippen molar-refractivity contribution in [3.63, 3.8) is 0 Å². The van der Waals surface area contributed by atoms with E-state index in [1.165, 1.54) is 14.2 Å². The number of carbonyl (C=O) groups is 2. The van der Waals surface area contributed by atoms with Gasteiger partial charge in [0, 0.05) is 6.07 Å². The zero-order valence-corrected chi connectivity index (χ0v) is 11.7. The van der Waals surface area contributed by atoms with Crippen molar-refractivity contribution in [1.82, 2.24) is 5.32 Å². The van der Waals surface area contributed by atoms with E-state index in [1.54, 1.807) is 25.1 Å². The van der Waals surface area contributed by atoms with Gasteiger partial charge in [-0.15, -0.1) is 0 Å². The number of hydrogen-bond acceptors (Lipinski definition) is 5. The van der Waals surface area contributed by atoms with Crippen LogP contribution in [0.25, 0.3) is 0 Å². The molecule has 1 aromatic carbocycles. The lowest BCUT2D eigenvalue weighted by molar-refractivity contribution is -0.141. The molecule has 7 heteroatoms. The van der Waals surface area contributed by atoms with Gasteiger partial charge in [-0.2, -0.15) is 0 Å². The van der Waals surface area contributed by atoms with E-state index in [2.05, 4.69) is 10.6 Å². The average molecular weight is 282 g/mol. The van der Waals surface area contributed by atoms with Crippen molar-refractivity contribution in [2.45, 2.75) is 6.92 Å². The van der Waals surface area contributed by atoms with Crippen molar-refractivity contribution < 1.29 is 23.8 Å². The maximum atomic E-state index is 11.6. The Labute approximate surface area is 117 Å². The molecule has 1 rings (SSSR count). The summed E-state index contributed by atoms with van der Waals surface area (Å²) in [6, 6.07) is 4.44. The van der Waals surface area contributed by atoms with Gasteiger partial charge in [0.25, 0.3) is 0 Å². The van der Waals surface area contributed by atoms with Gasteiger partial charge in [-0.1, -0.05) is 0 Å². The lowest BCUT2D eigenvalue weighted by atomic mass is 10.2. The van der Waals surface area contributed by atoms with E-state index in [0.717, 1.165) is 0 Å². The van der Waals surface area contributed by atoms with Crippen LogP contribution >= 0.6 is 0 Å². The van der Waals surface area contributed by atoms with Crippen LogP contribution in [0, 0.1) is 0 Å². The van der Waals surface area contributed by atoms with Crippen molar-refractivity contribution in [2.75, 3.05) is 32.7 Å². The molecule has 0 heterocycles. The number of benzene rings is 1. The minimum Gasteiger partial charge on any atom is -0.497 e. The maximum Gasteiger partial charge on any atom is 0.325 e. The van der Waals surface area contributed by atoms with Crippen LogP contribution in [-0.4, -0.2) is 39.4 Å². The Morgan fingerprint density at radius 2 is 1.95 bits per heavy atom. The Morgan fingerprint density at radius 1 is 1.20 bits per heavy atom. The molecule has 110 valence electrons. The molecule has 7 nitrogen and oxygen atoms in total. The molecule has 0 fully saturated rings. The number of urea groups is 1. The predicted molar refractivity (Wildman–Crippen MR) is 73.2 cm³/mol. The second kappa shape index (κ2) is 7.88. The second-order valence-corrected chi connectivity index (χ2v) is 3.68. The fraction of sp³-hybridized carbons (Fsp3) is 0.385. The number of carbonyl (C=O) groups excluding carboxylic acids is 2. The Hall–Kier alpha value is -2.44. The van der Waals surface area contributed by atoms with Crippen LogP contribution in [0.15, 0.2) is 18.2 Å². The van der Waals surface area contributed by atoms with Gasteiger partial charge in [0.2, 0.25) is 0 Å². The van der Waals surface area contributed by atoms with E-state index in [0.29, 0.717) is 17.2 Å². The Kier molecular flexibility index (Phi) is 6.15. The van der Waals surface area contributed by atoms with Crippen LogP contribution in [0.1, 0.15) is 6.92 Å². The average Bonchev–Trinajstić information content (AvgIpc) is 2.46. The van der Waals surface area contributed by atoms with Gasteiger partial charge in [0.1, 0.15) is 18.0 Å². The van der Waals surface area contributed by atoms with Crippen LogP contribution in [0.3, 0.4) is 0 Å². The van der Waals surface area contributed by atoms with Gasteiger partial charge >= 0.3 is 12.0 Å². The molecule has 0 radical (unpaired) electrons. The Balaban J connectivity index is 2.59. The molecule has 2 N–H and O–H groups in total. The van der Waals surface area contributed by atoms with Crippen LogP contribution in [0.5, 0.6) is 11.5 Å². The summed E-state index contributed by atoms with van der Waals surface area (Å²) in [7, 11) is 3.02. The molecule has 0 saturated carbocycles. The lowest BCUT2D eigenvalue weighted by Gasteiger charge is -2.12. The summed E-state index contributed by atoms with van der Waals surface area (Å²) in [5.41, 5.74) is 0.467. The molecule has 0 atom stereocenters. The normalized spacial score (nSPS) is 9.55. The molecule has 2 amide bonds. The van der Waals surface area contributed by atoms with E-state index in [9.17, 15) is 9.59 Å². The van der Waals surface area contributed by atoms with Crippen LogP contribution in [0.4, 0.5) is 10.5 Å². The van der Waals surface area contributed by atoms with E-state index in [4.69, 9.17) is 14.2 Å². The highest BCUT2D eigenvalue weighted by Gasteiger charge is 2.10. The zero-order valence-electron chi connectivity index (χ0n) is 11.7. The summed E-state index contributed by atoms with van der Waals surface area (Å²) in [5, 5.41) is 4.96. The van der Waals surface area contributed by atoms with Crippen molar-refractivity contribution in [3.05, 3.63) is 18.2 Å². The first-order chi connectivity index (χ1) is 9.60. The molecule has 0 saturated heterocycles. The summed E-state index contributed by atoms with van der Waals surface area (Å²) in [6.45, 7) is 1.77. The second-order valence-electron chi connectivity index (χ2n) is 3.68. The molecule has 0 spiro atoms. The SMILES string of the molecule is CCOC(=O)CNC(=O)Nc1ccc(OC)cc1OC. The van der Waals surface area contributed by atoms with E-state index >= 15 is 0 Å². The van der Waals surface area contributed by atoms with E-state index in [1.807, 2.05) is 0 Å². The van der Waals surface area contributed by atoms with Crippen molar-refractivity contribution in [1.29, 1.82) is 0 Å². The summed E-state index contributed by atoms with van der Waals surface area (Å²) < 4.78 is 14.9. The Morgan fingerprint density at radius 3 is 2.55 bits per heavy atom. The summed E-state index contributed by atoms with van der Waals surface area (Å²) >= 11 is 0. The third kappa shape index (κ3) is 4.68. The molecular weight excluding hydrogens is 264 g/mol. The molecule has 0 aromatic heterocycles. The Bertz CT molecular complexity index is 476. The van der Waals surface area contributed by atoms with Gasteiger partial charge in [-0.3, -0.25) is 4.79 Å². The zero-order chi connectivity index (χ0) is 15.0. The van der Waals surface area contributed by atoms with Gasteiger partial charge < -0.3 is 24.8 Å². The standard InChI is InChI=1S/C13H18N2O5/c1-4-20-12(16)8-14-13(17)15-10-6-5-9(18-2)7-11(10)19-3/h5-7H,4,8H2,1-3H3,(H2,14,15,17). The highest BCUT2D eigenvalue weighted by Crippen LogP contribution is 2.28. The van der Waals surface area contributed by atoms with Crippen LogP contribution in [0.2, 0.25) is 0 Å². The molecule has 0 unspecified atom stereocenters. The molecule has 20 heavy (non-hydrogen) atoms. The molecule has 0 aliphatic carbocycles. The van der Waals surface area contributed by atoms with Gasteiger partial charge in [0.05, 0.1) is 26.5 Å². The number of ether oxygens (including phenoxy) is 3. The quantitative estimate of drug-likeness (QED) is 0.770. The molecule has 0 bridgehead atoms. The molecule has 1 aromatic rings. The highest BCUT2D eigenvalue weighted by atomic mass is 16.5. The van der Waals surface area contributed by atoms with Gasteiger partial charge in [-0.25, -0.2) is 4.79 Å². The van der Waals surface area contributed by atoms with Crippen molar-refractivity contribution in [2.24, 2.45) is 0 Å². The topological polar surface area (TPSA) is 85.9 Å². The summed E-state index contributed by atoms with van der Waals surface area (Å²) in [6.07, 6.45) is 0. The fourth-order valence-electron chi connectivity index (χ4n) is 1.43. The minimum atomic E-state index is -0.526. The van der Waals surface area contributed by atoms with Gasteiger partial charge in [-0.05, 0) is 19.1 Å². The summed E-state index contributed by atoms with van der Waals surface area (Å²) in [5.74, 6) is 0.569. The third-order valence-electron chi connectivity index (χ3n) is 2.36. The largest absolute Gasteiger partial charge is 0.497 e. The monoisotopic (exact) mass is 282 g/mol. The predicted octanol–water partition coefficient (Wildman–Crippen LogP) is 1.39. The van der Waals surface area contributed by atoms with E-state index in [-0.39, 0.29) is 13.2 Å². The molecule has 0 aliphatic rings. The van der Waals surface area contributed by atoms with Crippen LogP contribution < -0.4 is 20.1 Å². The molecular formula is C13H18N2O5. The van der Waals surface area contributed by atoms with Gasteiger partial charge in [0.15, 0.2) is 0 Å². The van der Waals surface area contributed by atoms with E-state index < -0.39 is 12.0 Å². The van der Waals surface area contributed by atoms with Crippen molar-refractivity contribution in [3.8, 4) is 11.5 Å². The first-order valence-electron chi connectivity index (χ1n) is 6.03. The molecule has 0 aliphatic heterocycles. The number of amides is 2. The summed E-state index contributed by atoms with van der Waals surface area (Å²) in [4.78, 5) is 22.7. The highest BCUT2D eigenvalue weighted by molar-refractivity contribution is 5.92. The minimum absolute atomic E-state index is 0.196. The smallest absolute Gasteiger partial charge is 0.325 e. The third-order valence-corrected chi connectivity index (χ3v) is 2.36. The number of methoxy groups -OCH3 is 2.